The zero-order valence-corrected chi connectivity index (χ0v) is 11.9. The second-order valence-corrected chi connectivity index (χ2v) is 6.67. The monoisotopic (exact) mass is 283 g/mol. The number of anilines is 1. The van der Waals surface area contributed by atoms with Crippen LogP contribution in [0.25, 0.3) is 0 Å². The fraction of sp³-hybridized carbons (Fsp3) is 0.385. The van der Waals surface area contributed by atoms with E-state index in [-0.39, 0.29) is 5.75 Å². The van der Waals surface area contributed by atoms with Crippen LogP contribution in [-0.4, -0.2) is 31.7 Å². The van der Waals surface area contributed by atoms with E-state index < -0.39 is 27.4 Å². The fourth-order valence-corrected chi connectivity index (χ4v) is 2.16. The van der Waals surface area contributed by atoms with E-state index in [9.17, 15) is 13.8 Å². The maximum absolute atomic E-state index is 11.9. The van der Waals surface area contributed by atoms with Gasteiger partial charge < -0.3 is 10.4 Å². The number of amides is 1. The molecule has 19 heavy (non-hydrogen) atoms. The van der Waals surface area contributed by atoms with Crippen LogP contribution in [0.2, 0.25) is 0 Å². The molecule has 0 saturated carbocycles. The third kappa shape index (κ3) is 3.89. The van der Waals surface area contributed by atoms with Crippen molar-refractivity contribution in [2.24, 2.45) is 0 Å². The summed E-state index contributed by atoms with van der Waals surface area (Å²) < 4.78 is 10.4. The van der Waals surface area contributed by atoms with E-state index in [2.05, 4.69) is 5.32 Å². The fourth-order valence-electron chi connectivity index (χ4n) is 1.30. The minimum atomic E-state index is -1.78. The molecule has 0 saturated heterocycles. The van der Waals surface area contributed by atoms with Crippen molar-refractivity contribution in [1.82, 2.24) is 0 Å². The Morgan fingerprint density at radius 3 is 2.42 bits per heavy atom. The predicted octanol–water partition coefficient (Wildman–Crippen LogP) is 1.55. The van der Waals surface area contributed by atoms with Gasteiger partial charge >= 0.3 is 5.97 Å². The molecule has 0 heterocycles. The van der Waals surface area contributed by atoms with Gasteiger partial charge in [0.05, 0.1) is 0 Å². The summed E-state index contributed by atoms with van der Waals surface area (Å²) in [6.07, 6.45) is 0. The Balaban J connectivity index is 2.70. The zero-order valence-electron chi connectivity index (χ0n) is 11.1. The van der Waals surface area contributed by atoms with Gasteiger partial charge in [0, 0.05) is 16.5 Å². The first kappa shape index (κ1) is 15.4. The molecule has 6 heteroatoms. The van der Waals surface area contributed by atoms with Crippen molar-refractivity contribution in [3.05, 3.63) is 29.8 Å². The molecule has 0 aliphatic carbocycles. The highest BCUT2D eigenvalue weighted by atomic mass is 32.2. The van der Waals surface area contributed by atoms with Crippen molar-refractivity contribution in [3.8, 4) is 0 Å². The number of para-hydroxylation sites is 1. The summed E-state index contributed by atoms with van der Waals surface area (Å²) in [5, 5.41) is 11.6. The second kappa shape index (κ2) is 5.97. The summed E-state index contributed by atoms with van der Waals surface area (Å²) in [5.41, 5.74) is 1.52. The van der Waals surface area contributed by atoms with Crippen LogP contribution in [0.5, 0.6) is 0 Å². The topological polar surface area (TPSA) is 83.5 Å². The van der Waals surface area contributed by atoms with Crippen LogP contribution >= 0.6 is 0 Å². The zero-order chi connectivity index (χ0) is 14.6. The smallest absolute Gasteiger partial charge is 0.321 e. The quantitative estimate of drug-likeness (QED) is 0.858. The van der Waals surface area contributed by atoms with Gasteiger partial charge in [-0.2, -0.15) is 0 Å². The molecular weight excluding hydrogens is 266 g/mol. The van der Waals surface area contributed by atoms with Crippen LogP contribution in [-0.2, 0) is 20.4 Å². The SMILES string of the molecule is Cc1ccccc1NC(=O)CS(=O)C(C)(C)C(=O)O. The average Bonchev–Trinajstić information content (AvgIpc) is 2.31. The van der Waals surface area contributed by atoms with Gasteiger partial charge in [-0.1, -0.05) is 18.2 Å². The molecule has 1 rings (SSSR count). The highest BCUT2D eigenvalue weighted by molar-refractivity contribution is 7.88. The second-order valence-electron chi connectivity index (χ2n) is 4.67. The first-order chi connectivity index (χ1) is 8.75. The summed E-state index contributed by atoms with van der Waals surface area (Å²) in [6, 6.07) is 7.20. The maximum atomic E-state index is 11.9. The van der Waals surface area contributed by atoms with Crippen molar-refractivity contribution in [1.29, 1.82) is 0 Å². The molecule has 0 spiro atoms. The average molecular weight is 283 g/mol. The van der Waals surface area contributed by atoms with E-state index in [1.165, 1.54) is 13.8 Å². The molecule has 5 nitrogen and oxygen atoms in total. The number of hydrogen-bond donors (Lipinski definition) is 2. The largest absolute Gasteiger partial charge is 0.480 e. The Morgan fingerprint density at radius 1 is 1.32 bits per heavy atom. The predicted molar refractivity (Wildman–Crippen MR) is 74.5 cm³/mol. The molecule has 1 aromatic carbocycles. The first-order valence-corrected chi connectivity index (χ1v) is 7.04. The maximum Gasteiger partial charge on any atom is 0.321 e. The third-order valence-electron chi connectivity index (χ3n) is 2.77. The number of aryl methyl sites for hydroxylation is 1. The lowest BCUT2D eigenvalue weighted by Gasteiger charge is -2.18. The summed E-state index contributed by atoms with van der Waals surface area (Å²) in [6.45, 7) is 4.52. The molecule has 1 aromatic rings. The van der Waals surface area contributed by atoms with Gasteiger partial charge in [-0.15, -0.1) is 0 Å². The number of hydrogen-bond acceptors (Lipinski definition) is 3. The van der Waals surface area contributed by atoms with Gasteiger partial charge in [0.1, 0.15) is 10.5 Å². The third-order valence-corrected chi connectivity index (χ3v) is 4.60. The Labute approximate surface area is 114 Å². The lowest BCUT2D eigenvalue weighted by molar-refractivity contribution is -0.139. The molecule has 0 aliphatic rings. The molecular formula is C13H17NO4S. The standard InChI is InChI=1S/C13H17NO4S/c1-9-6-4-5-7-10(9)14-11(15)8-19(18)13(2,3)12(16)17/h4-7H,8H2,1-3H3,(H,14,15)(H,16,17). The van der Waals surface area contributed by atoms with Crippen LogP contribution in [0.3, 0.4) is 0 Å². The summed E-state index contributed by atoms with van der Waals surface area (Å²) in [5.74, 6) is -1.98. The molecule has 0 aromatic heterocycles. The lowest BCUT2D eigenvalue weighted by atomic mass is 10.2. The molecule has 0 fully saturated rings. The highest BCUT2D eigenvalue weighted by Crippen LogP contribution is 2.16. The van der Waals surface area contributed by atoms with E-state index in [1.54, 1.807) is 12.1 Å². The Hall–Kier alpha value is -1.69. The summed E-state index contributed by atoms with van der Waals surface area (Å²) in [7, 11) is -1.78. The first-order valence-electron chi connectivity index (χ1n) is 5.72. The van der Waals surface area contributed by atoms with Crippen molar-refractivity contribution in [2.45, 2.75) is 25.5 Å². The normalized spacial score (nSPS) is 12.8. The lowest BCUT2D eigenvalue weighted by Crippen LogP contribution is -2.40. The summed E-state index contributed by atoms with van der Waals surface area (Å²) in [4.78, 5) is 22.7. The molecule has 1 atom stereocenters. The number of carboxylic acids is 1. The van der Waals surface area contributed by atoms with Crippen LogP contribution in [0.1, 0.15) is 19.4 Å². The number of carbonyl (C=O) groups excluding carboxylic acids is 1. The highest BCUT2D eigenvalue weighted by Gasteiger charge is 2.35. The Morgan fingerprint density at radius 2 is 1.89 bits per heavy atom. The molecule has 1 amide bonds. The van der Waals surface area contributed by atoms with Gasteiger partial charge in [-0.05, 0) is 32.4 Å². The van der Waals surface area contributed by atoms with Crippen LogP contribution in [0.15, 0.2) is 24.3 Å². The molecule has 2 N–H and O–H groups in total. The van der Waals surface area contributed by atoms with E-state index in [0.29, 0.717) is 5.69 Å². The Kier molecular flexibility index (Phi) is 4.83. The van der Waals surface area contributed by atoms with Crippen molar-refractivity contribution < 1.29 is 18.9 Å². The van der Waals surface area contributed by atoms with Crippen LogP contribution in [0, 0.1) is 6.92 Å². The van der Waals surface area contributed by atoms with Gasteiger partial charge in [-0.25, -0.2) is 0 Å². The molecule has 0 bridgehead atoms. The van der Waals surface area contributed by atoms with E-state index in [0.717, 1.165) is 5.56 Å². The van der Waals surface area contributed by atoms with E-state index in [1.807, 2.05) is 19.1 Å². The van der Waals surface area contributed by atoms with Gasteiger partial charge in [0.2, 0.25) is 5.91 Å². The Bertz CT molecular complexity index is 525. The minimum absolute atomic E-state index is 0.340. The minimum Gasteiger partial charge on any atom is -0.480 e. The number of carboxylic acid groups (broad SMARTS) is 1. The van der Waals surface area contributed by atoms with Crippen LogP contribution < -0.4 is 5.32 Å². The number of benzene rings is 1. The number of rotatable bonds is 5. The molecule has 1 unspecified atom stereocenters. The van der Waals surface area contributed by atoms with Gasteiger partial charge in [0.15, 0.2) is 0 Å². The number of aliphatic carboxylic acids is 1. The number of carbonyl (C=O) groups is 2. The summed E-state index contributed by atoms with van der Waals surface area (Å²) >= 11 is 0. The van der Waals surface area contributed by atoms with E-state index >= 15 is 0 Å². The molecule has 0 aliphatic heterocycles. The molecule has 104 valence electrons. The van der Waals surface area contributed by atoms with Crippen molar-refractivity contribution in [2.75, 3.05) is 11.1 Å². The molecule has 0 radical (unpaired) electrons. The van der Waals surface area contributed by atoms with Gasteiger partial charge in [0.25, 0.3) is 0 Å². The number of nitrogens with one attached hydrogen (secondary N) is 1. The van der Waals surface area contributed by atoms with Gasteiger partial charge in [-0.3, -0.25) is 13.8 Å². The van der Waals surface area contributed by atoms with E-state index in [4.69, 9.17) is 5.11 Å². The van der Waals surface area contributed by atoms with Crippen molar-refractivity contribution >= 4 is 28.4 Å². The van der Waals surface area contributed by atoms with Crippen LogP contribution in [0.4, 0.5) is 5.69 Å². The van der Waals surface area contributed by atoms with Crippen molar-refractivity contribution in [3.63, 3.8) is 0 Å².